The molecule has 1 N–H and O–H groups in total. The summed E-state index contributed by atoms with van der Waals surface area (Å²) in [6, 6.07) is 10.3. The number of nitrogens with zero attached hydrogens (tertiary/aromatic N) is 2. The number of amides is 1. The van der Waals surface area contributed by atoms with Gasteiger partial charge in [0.15, 0.2) is 22.4 Å². The molecule has 1 atom stereocenters. The molecule has 0 radical (unpaired) electrons. The van der Waals surface area contributed by atoms with E-state index in [9.17, 15) is 19.5 Å². The number of anilines is 1. The highest BCUT2D eigenvalue weighted by atomic mass is 35.5. The number of carbonyl (C=O) groups excluding carboxylic acids is 3. The maximum atomic E-state index is 13.4. The molecule has 0 bridgehead atoms. The number of halogens is 1. The molecule has 3 aromatic rings. The van der Waals surface area contributed by atoms with Crippen molar-refractivity contribution < 1.29 is 29.0 Å². The van der Waals surface area contributed by atoms with Crippen LogP contribution in [0, 0.1) is 6.92 Å². The van der Waals surface area contributed by atoms with Gasteiger partial charge >= 0.3 is 5.91 Å². The molecule has 1 aliphatic heterocycles. The summed E-state index contributed by atoms with van der Waals surface area (Å²) in [7, 11) is 0. The standard InChI is InChI=1S/C27H25ClN2O6S/c1-5-35-19-12-9-17(13-20(19)36-6-2)22-21(23(32)16-7-10-18(28)11-8-16)24(33)26(34)30(22)27-29-14(3)25(37-27)15(4)31/h7-13,22,32H,5-6H2,1-4H3. The number of benzene rings is 2. The molecule has 192 valence electrons. The minimum Gasteiger partial charge on any atom is -0.507 e. The molecule has 1 saturated heterocycles. The van der Waals surface area contributed by atoms with Crippen LogP contribution in [0.4, 0.5) is 5.13 Å². The quantitative estimate of drug-likeness (QED) is 0.168. The van der Waals surface area contributed by atoms with Crippen molar-refractivity contribution in [2.45, 2.75) is 33.7 Å². The number of hydrogen-bond donors (Lipinski definition) is 1. The van der Waals surface area contributed by atoms with Gasteiger partial charge < -0.3 is 14.6 Å². The van der Waals surface area contributed by atoms with Crippen molar-refractivity contribution in [3.05, 3.63) is 74.8 Å². The van der Waals surface area contributed by atoms with Crippen LogP contribution in [0.2, 0.25) is 5.02 Å². The fourth-order valence-corrected chi connectivity index (χ4v) is 5.27. The van der Waals surface area contributed by atoms with Gasteiger partial charge in [-0.25, -0.2) is 4.98 Å². The van der Waals surface area contributed by atoms with Crippen molar-refractivity contribution in [1.82, 2.24) is 4.98 Å². The molecule has 0 spiro atoms. The predicted molar refractivity (Wildman–Crippen MR) is 142 cm³/mol. The Hall–Kier alpha value is -3.69. The number of aliphatic hydroxyl groups is 1. The number of aliphatic hydroxyl groups excluding tert-OH is 1. The van der Waals surface area contributed by atoms with Crippen molar-refractivity contribution in [3.8, 4) is 11.5 Å². The van der Waals surface area contributed by atoms with Crippen molar-refractivity contribution in [2.75, 3.05) is 18.1 Å². The molecular weight excluding hydrogens is 516 g/mol. The Kier molecular flexibility index (Phi) is 7.65. The number of carbonyl (C=O) groups is 3. The van der Waals surface area contributed by atoms with Crippen molar-refractivity contribution in [2.24, 2.45) is 0 Å². The van der Waals surface area contributed by atoms with Gasteiger partial charge in [-0.1, -0.05) is 29.0 Å². The third kappa shape index (κ3) is 4.97. The summed E-state index contributed by atoms with van der Waals surface area (Å²) >= 11 is 7.02. The van der Waals surface area contributed by atoms with E-state index in [1.54, 1.807) is 49.4 Å². The van der Waals surface area contributed by atoms with Crippen LogP contribution in [0.3, 0.4) is 0 Å². The molecule has 8 nitrogen and oxygen atoms in total. The lowest BCUT2D eigenvalue weighted by Crippen LogP contribution is -2.29. The summed E-state index contributed by atoms with van der Waals surface area (Å²) in [4.78, 5) is 44.9. The van der Waals surface area contributed by atoms with Crippen molar-refractivity contribution >= 4 is 51.3 Å². The molecule has 10 heteroatoms. The fourth-order valence-electron chi connectivity index (χ4n) is 4.16. The van der Waals surface area contributed by atoms with Gasteiger partial charge in [-0.05, 0) is 62.7 Å². The largest absolute Gasteiger partial charge is 0.507 e. The normalized spacial score (nSPS) is 16.8. The van der Waals surface area contributed by atoms with Crippen LogP contribution < -0.4 is 14.4 Å². The van der Waals surface area contributed by atoms with Gasteiger partial charge in [0.25, 0.3) is 5.78 Å². The molecule has 1 aliphatic rings. The number of hydrogen-bond acceptors (Lipinski definition) is 8. The first-order chi connectivity index (χ1) is 17.7. The number of Topliss-reactive ketones (excluding diaryl/α,β-unsaturated/α-hetero) is 2. The van der Waals surface area contributed by atoms with E-state index >= 15 is 0 Å². The van der Waals surface area contributed by atoms with Gasteiger partial charge in [0, 0.05) is 17.5 Å². The second-order valence-electron chi connectivity index (χ2n) is 8.22. The molecule has 37 heavy (non-hydrogen) atoms. The van der Waals surface area contributed by atoms with Gasteiger partial charge in [-0.15, -0.1) is 0 Å². The molecule has 4 rings (SSSR count). The average Bonchev–Trinajstić information content (AvgIpc) is 3.37. The first-order valence-electron chi connectivity index (χ1n) is 11.6. The van der Waals surface area contributed by atoms with Crippen molar-refractivity contribution in [3.63, 3.8) is 0 Å². The Morgan fingerprint density at radius 1 is 1.08 bits per heavy atom. The molecule has 2 heterocycles. The average molecular weight is 541 g/mol. The summed E-state index contributed by atoms with van der Waals surface area (Å²) in [5.74, 6) is -1.35. The molecule has 0 aliphatic carbocycles. The molecule has 2 aromatic carbocycles. The van der Waals surface area contributed by atoms with Crippen LogP contribution in [0.15, 0.2) is 48.0 Å². The van der Waals surface area contributed by atoms with E-state index in [2.05, 4.69) is 4.98 Å². The number of ether oxygens (including phenoxy) is 2. The van der Waals surface area contributed by atoms with Gasteiger partial charge in [-0.2, -0.15) is 0 Å². The van der Waals surface area contributed by atoms with Crippen LogP contribution >= 0.6 is 22.9 Å². The zero-order chi connectivity index (χ0) is 26.9. The zero-order valence-electron chi connectivity index (χ0n) is 20.7. The maximum absolute atomic E-state index is 13.4. The van der Waals surface area contributed by atoms with E-state index in [0.717, 1.165) is 11.3 Å². The van der Waals surface area contributed by atoms with Crippen LogP contribution in [-0.2, 0) is 9.59 Å². The van der Waals surface area contributed by atoms with E-state index in [0.29, 0.717) is 51.4 Å². The number of ketones is 2. The topological polar surface area (TPSA) is 106 Å². The van der Waals surface area contributed by atoms with E-state index in [1.165, 1.54) is 11.8 Å². The third-order valence-corrected chi connectivity index (χ3v) is 7.27. The van der Waals surface area contributed by atoms with E-state index in [1.807, 2.05) is 13.8 Å². The zero-order valence-corrected chi connectivity index (χ0v) is 22.3. The van der Waals surface area contributed by atoms with Crippen LogP contribution in [-0.4, -0.2) is 40.8 Å². The van der Waals surface area contributed by atoms with E-state index in [-0.39, 0.29) is 22.2 Å². The summed E-state index contributed by atoms with van der Waals surface area (Å²) in [5, 5.41) is 11.9. The lowest BCUT2D eigenvalue weighted by atomic mass is 9.95. The van der Waals surface area contributed by atoms with Crippen LogP contribution in [0.5, 0.6) is 11.5 Å². The Morgan fingerprint density at radius 2 is 1.73 bits per heavy atom. The fraction of sp³-hybridized carbons (Fsp3) is 0.259. The number of aromatic nitrogens is 1. The van der Waals surface area contributed by atoms with Crippen molar-refractivity contribution in [1.29, 1.82) is 0 Å². The molecule has 1 unspecified atom stereocenters. The third-order valence-electron chi connectivity index (χ3n) is 5.76. The first-order valence-corrected chi connectivity index (χ1v) is 12.8. The Morgan fingerprint density at radius 3 is 2.32 bits per heavy atom. The van der Waals surface area contributed by atoms with Gasteiger partial charge in [-0.3, -0.25) is 19.3 Å². The van der Waals surface area contributed by atoms with E-state index < -0.39 is 17.7 Å². The Bertz CT molecular complexity index is 1410. The minimum atomic E-state index is -1.03. The number of thiazole rings is 1. The second-order valence-corrected chi connectivity index (χ2v) is 9.63. The Balaban J connectivity index is 1.96. The monoisotopic (exact) mass is 540 g/mol. The van der Waals surface area contributed by atoms with Gasteiger partial charge in [0.2, 0.25) is 0 Å². The predicted octanol–water partition coefficient (Wildman–Crippen LogP) is 5.73. The molecule has 0 saturated carbocycles. The molecule has 1 fully saturated rings. The molecular formula is C27H25ClN2O6S. The first kappa shape index (κ1) is 26.4. The number of rotatable bonds is 8. The highest BCUT2D eigenvalue weighted by Crippen LogP contribution is 2.45. The maximum Gasteiger partial charge on any atom is 0.301 e. The SMILES string of the molecule is CCOc1ccc(C2C(=C(O)c3ccc(Cl)cc3)C(=O)C(=O)N2c2nc(C)c(C(C)=O)s2)cc1OCC. The molecule has 1 amide bonds. The summed E-state index contributed by atoms with van der Waals surface area (Å²) in [6.07, 6.45) is 0. The summed E-state index contributed by atoms with van der Waals surface area (Å²) in [6.45, 7) is 7.54. The summed E-state index contributed by atoms with van der Waals surface area (Å²) in [5.41, 5.74) is 1.16. The smallest absolute Gasteiger partial charge is 0.301 e. The second kappa shape index (κ2) is 10.7. The molecule has 1 aromatic heterocycles. The lowest BCUT2D eigenvalue weighted by molar-refractivity contribution is -0.132. The van der Waals surface area contributed by atoms with Gasteiger partial charge in [0.1, 0.15) is 5.76 Å². The van der Waals surface area contributed by atoms with Crippen LogP contribution in [0.1, 0.15) is 53.3 Å². The lowest BCUT2D eigenvalue weighted by Gasteiger charge is -2.24. The number of aryl methyl sites for hydroxylation is 1. The minimum absolute atomic E-state index is 0.115. The van der Waals surface area contributed by atoms with E-state index in [4.69, 9.17) is 21.1 Å². The highest BCUT2D eigenvalue weighted by Gasteiger charge is 2.48. The van der Waals surface area contributed by atoms with Crippen LogP contribution in [0.25, 0.3) is 5.76 Å². The Labute approximate surface area is 223 Å². The highest BCUT2D eigenvalue weighted by molar-refractivity contribution is 7.18. The van der Waals surface area contributed by atoms with Gasteiger partial charge in [0.05, 0.1) is 35.4 Å². The summed E-state index contributed by atoms with van der Waals surface area (Å²) < 4.78 is 11.4.